The molecule has 1 aromatic carbocycles. The molecular formula is C14H21Cl2FN2. The monoisotopic (exact) mass is 306 g/mol. The van der Waals surface area contributed by atoms with Gasteiger partial charge < -0.3 is 5.32 Å². The molecule has 1 aliphatic rings. The first-order valence-electron chi connectivity index (χ1n) is 6.49. The van der Waals surface area contributed by atoms with Crippen molar-refractivity contribution in [2.45, 2.75) is 19.4 Å². The molecular weight excluding hydrogens is 286 g/mol. The van der Waals surface area contributed by atoms with Crippen molar-refractivity contribution in [3.63, 3.8) is 0 Å². The third-order valence-electron chi connectivity index (χ3n) is 3.42. The lowest BCUT2D eigenvalue weighted by Gasteiger charge is -2.32. The van der Waals surface area contributed by atoms with Crippen molar-refractivity contribution >= 4 is 24.0 Å². The molecule has 0 bridgehead atoms. The van der Waals surface area contributed by atoms with Gasteiger partial charge >= 0.3 is 0 Å². The fourth-order valence-corrected chi connectivity index (χ4v) is 2.95. The Labute approximate surface area is 125 Å². The summed E-state index contributed by atoms with van der Waals surface area (Å²) < 4.78 is 13.3. The predicted octanol–water partition coefficient (Wildman–Crippen LogP) is 3.33. The third kappa shape index (κ3) is 5.27. The van der Waals surface area contributed by atoms with E-state index < -0.39 is 0 Å². The Morgan fingerprint density at radius 1 is 1.42 bits per heavy atom. The molecule has 1 aliphatic heterocycles. The number of halogens is 3. The average molecular weight is 307 g/mol. The van der Waals surface area contributed by atoms with Crippen molar-refractivity contribution in [3.8, 4) is 0 Å². The Kier molecular flexibility index (Phi) is 7.08. The van der Waals surface area contributed by atoms with Crippen LogP contribution in [0.2, 0.25) is 5.02 Å². The zero-order chi connectivity index (χ0) is 13.0. The maximum absolute atomic E-state index is 13.3. The van der Waals surface area contributed by atoms with Crippen LogP contribution in [0.25, 0.3) is 0 Å². The number of nitrogens with zero attached hydrogens (tertiary/aromatic N) is 1. The van der Waals surface area contributed by atoms with E-state index in [1.54, 1.807) is 6.07 Å². The molecule has 19 heavy (non-hydrogen) atoms. The molecule has 2 nitrogen and oxygen atoms in total. The second-order valence-electron chi connectivity index (χ2n) is 5.08. The fourth-order valence-electron chi connectivity index (χ4n) is 2.71. The highest BCUT2D eigenvalue weighted by Crippen LogP contribution is 2.20. The lowest BCUT2D eigenvalue weighted by Crippen LogP contribution is -2.38. The number of nitrogens with one attached hydrogen (secondary N) is 1. The Bertz CT molecular complexity index is 379. The lowest BCUT2D eigenvalue weighted by atomic mass is 9.97. The summed E-state index contributed by atoms with van der Waals surface area (Å²) in [6.07, 6.45) is 2.50. The maximum atomic E-state index is 13.3. The molecule has 1 atom stereocenters. The first-order chi connectivity index (χ1) is 8.67. The number of piperidine rings is 1. The summed E-state index contributed by atoms with van der Waals surface area (Å²) in [5.41, 5.74) is 0.963. The van der Waals surface area contributed by atoms with Crippen LogP contribution in [0, 0.1) is 11.7 Å². The van der Waals surface area contributed by atoms with Gasteiger partial charge in [-0.05, 0) is 62.7 Å². The van der Waals surface area contributed by atoms with Crippen LogP contribution in [0.5, 0.6) is 0 Å². The quantitative estimate of drug-likeness (QED) is 0.918. The first kappa shape index (κ1) is 16.7. The highest BCUT2D eigenvalue weighted by atomic mass is 35.5. The molecule has 0 saturated carbocycles. The standard InChI is InChI=1S/C14H20ClFN2.ClH/c1-17-8-11-3-2-4-18(9-11)10-12-5-13(15)7-14(16)6-12;/h5-7,11,17H,2-4,8-10H2,1H3;1H. The van der Waals surface area contributed by atoms with Gasteiger partial charge in [0, 0.05) is 18.1 Å². The Morgan fingerprint density at radius 2 is 2.21 bits per heavy atom. The van der Waals surface area contributed by atoms with E-state index in [0.29, 0.717) is 10.9 Å². The van der Waals surface area contributed by atoms with Crippen molar-refractivity contribution in [1.82, 2.24) is 10.2 Å². The summed E-state index contributed by atoms with van der Waals surface area (Å²) in [7, 11) is 1.99. The smallest absolute Gasteiger partial charge is 0.125 e. The van der Waals surface area contributed by atoms with Gasteiger partial charge in [-0.3, -0.25) is 4.90 Å². The van der Waals surface area contributed by atoms with E-state index in [-0.39, 0.29) is 18.2 Å². The van der Waals surface area contributed by atoms with E-state index >= 15 is 0 Å². The molecule has 1 aromatic rings. The van der Waals surface area contributed by atoms with Gasteiger partial charge in [-0.1, -0.05) is 11.6 Å². The molecule has 1 heterocycles. The van der Waals surface area contributed by atoms with Crippen molar-refractivity contribution < 1.29 is 4.39 Å². The van der Waals surface area contributed by atoms with E-state index in [4.69, 9.17) is 11.6 Å². The van der Waals surface area contributed by atoms with Crippen LogP contribution in [-0.2, 0) is 6.54 Å². The fraction of sp³-hybridized carbons (Fsp3) is 0.571. The molecule has 1 saturated heterocycles. The summed E-state index contributed by atoms with van der Waals surface area (Å²) in [6.45, 7) is 4.02. The predicted molar refractivity (Wildman–Crippen MR) is 80.6 cm³/mol. The summed E-state index contributed by atoms with van der Waals surface area (Å²) >= 11 is 5.88. The maximum Gasteiger partial charge on any atom is 0.125 e. The minimum Gasteiger partial charge on any atom is -0.319 e. The van der Waals surface area contributed by atoms with Gasteiger partial charge in [-0.25, -0.2) is 4.39 Å². The summed E-state index contributed by atoms with van der Waals surface area (Å²) in [5, 5.41) is 3.71. The second kappa shape index (κ2) is 8.05. The largest absolute Gasteiger partial charge is 0.319 e. The topological polar surface area (TPSA) is 15.3 Å². The molecule has 2 rings (SSSR count). The number of hydrogen-bond donors (Lipinski definition) is 1. The van der Waals surface area contributed by atoms with Crippen LogP contribution in [0.3, 0.4) is 0 Å². The van der Waals surface area contributed by atoms with Crippen LogP contribution in [0.1, 0.15) is 18.4 Å². The van der Waals surface area contributed by atoms with E-state index in [2.05, 4.69) is 10.2 Å². The SMILES string of the molecule is CNCC1CCCN(Cc2cc(F)cc(Cl)c2)C1.Cl. The van der Waals surface area contributed by atoms with Gasteiger partial charge in [0.2, 0.25) is 0 Å². The van der Waals surface area contributed by atoms with E-state index in [9.17, 15) is 4.39 Å². The molecule has 1 N–H and O–H groups in total. The molecule has 0 spiro atoms. The van der Waals surface area contributed by atoms with Crippen molar-refractivity contribution in [2.75, 3.05) is 26.7 Å². The Morgan fingerprint density at radius 3 is 2.89 bits per heavy atom. The zero-order valence-electron chi connectivity index (χ0n) is 11.2. The number of likely N-dealkylation sites (tertiary alicyclic amines) is 1. The van der Waals surface area contributed by atoms with Crippen molar-refractivity contribution in [1.29, 1.82) is 0 Å². The number of rotatable bonds is 4. The molecule has 0 aliphatic carbocycles. The average Bonchev–Trinajstić information content (AvgIpc) is 2.28. The van der Waals surface area contributed by atoms with Gasteiger partial charge in [-0.15, -0.1) is 12.4 Å². The van der Waals surface area contributed by atoms with Gasteiger partial charge in [-0.2, -0.15) is 0 Å². The van der Waals surface area contributed by atoms with Crippen LogP contribution in [-0.4, -0.2) is 31.6 Å². The number of benzene rings is 1. The second-order valence-corrected chi connectivity index (χ2v) is 5.52. The Hall–Kier alpha value is -0.350. The van der Waals surface area contributed by atoms with Gasteiger partial charge in [0.25, 0.3) is 0 Å². The first-order valence-corrected chi connectivity index (χ1v) is 6.87. The highest BCUT2D eigenvalue weighted by Gasteiger charge is 2.19. The summed E-state index contributed by atoms with van der Waals surface area (Å²) in [5.74, 6) is 0.453. The van der Waals surface area contributed by atoms with Crippen molar-refractivity contribution in [3.05, 3.63) is 34.6 Å². The van der Waals surface area contributed by atoms with Crippen LogP contribution >= 0.6 is 24.0 Å². The van der Waals surface area contributed by atoms with E-state index in [0.717, 1.165) is 31.7 Å². The van der Waals surface area contributed by atoms with Gasteiger partial charge in [0.1, 0.15) is 5.82 Å². The minimum atomic E-state index is -0.249. The zero-order valence-corrected chi connectivity index (χ0v) is 12.7. The molecule has 0 aromatic heterocycles. The van der Waals surface area contributed by atoms with Gasteiger partial charge in [0.15, 0.2) is 0 Å². The lowest BCUT2D eigenvalue weighted by molar-refractivity contribution is 0.166. The molecule has 1 unspecified atom stereocenters. The molecule has 0 radical (unpaired) electrons. The van der Waals surface area contributed by atoms with Crippen molar-refractivity contribution in [2.24, 2.45) is 5.92 Å². The number of hydrogen-bond acceptors (Lipinski definition) is 2. The third-order valence-corrected chi connectivity index (χ3v) is 3.64. The Balaban J connectivity index is 0.00000180. The molecule has 1 fully saturated rings. The molecule has 108 valence electrons. The summed E-state index contributed by atoms with van der Waals surface area (Å²) in [4.78, 5) is 2.39. The van der Waals surface area contributed by atoms with Gasteiger partial charge in [0.05, 0.1) is 0 Å². The van der Waals surface area contributed by atoms with Crippen LogP contribution in [0.15, 0.2) is 18.2 Å². The molecule has 5 heteroatoms. The normalized spacial score (nSPS) is 20.1. The minimum absolute atomic E-state index is 0. The molecule has 0 amide bonds. The van der Waals surface area contributed by atoms with Crippen LogP contribution < -0.4 is 5.32 Å². The van der Waals surface area contributed by atoms with E-state index in [1.165, 1.54) is 18.9 Å². The summed E-state index contributed by atoms with van der Waals surface area (Å²) in [6, 6.07) is 4.78. The van der Waals surface area contributed by atoms with E-state index in [1.807, 2.05) is 13.1 Å². The highest BCUT2D eigenvalue weighted by molar-refractivity contribution is 6.30. The van der Waals surface area contributed by atoms with Crippen LogP contribution in [0.4, 0.5) is 4.39 Å².